The van der Waals surface area contributed by atoms with E-state index in [2.05, 4.69) is 34.5 Å². The molecule has 0 atom stereocenters. The second-order valence-electron chi connectivity index (χ2n) is 6.24. The third kappa shape index (κ3) is 4.20. The van der Waals surface area contributed by atoms with Crippen LogP contribution in [0.5, 0.6) is 0 Å². The molecule has 0 radical (unpaired) electrons. The summed E-state index contributed by atoms with van der Waals surface area (Å²) in [6.45, 7) is 3.72. The van der Waals surface area contributed by atoms with Gasteiger partial charge in [-0.3, -0.25) is 9.69 Å². The largest absolute Gasteiger partial charge is 0.352 e. The number of amides is 1. The highest BCUT2D eigenvalue weighted by Gasteiger charge is 2.15. The van der Waals surface area contributed by atoms with E-state index in [1.54, 1.807) is 12.1 Å². The monoisotopic (exact) mass is 326 g/mol. The van der Waals surface area contributed by atoms with Gasteiger partial charge in [0.2, 0.25) is 0 Å². The number of halogens is 1. The summed E-state index contributed by atoms with van der Waals surface area (Å²) < 4.78 is 13.5. The average Bonchev–Trinajstić information content (AvgIpc) is 2.61. The number of fused-ring (bicyclic) bond motifs is 1. The zero-order valence-corrected chi connectivity index (χ0v) is 13.8. The maximum absolute atomic E-state index is 13.5. The standard InChI is InChI=1S/C20H23FN2O/c21-19-10-4-3-9-18(19)20(24)22-12-5-6-13-23-14-11-16-7-1-2-8-17(16)15-23/h1-4,7-10H,5-6,11-15H2,(H,22,24). The maximum atomic E-state index is 13.5. The van der Waals surface area contributed by atoms with E-state index in [9.17, 15) is 9.18 Å². The molecule has 2 aromatic carbocycles. The summed E-state index contributed by atoms with van der Waals surface area (Å²) in [7, 11) is 0. The summed E-state index contributed by atoms with van der Waals surface area (Å²) in [6, 6.07) is 14.7. The number of nitrogens with zero attached hydrogens (tertiary/aromatic N) is 1. The van der Waals surface area contributed by atoms with Crippen LogP contribution in [0, 0.1) is 5.82 Å². The van der Waals surface area contributed by atoms with Crippen LogP contribution in [0.25, 0.3) is 0 Å². The molecule has 2 aromatic rings. The number of hydrogen-bond donors (Lipinski definition) is 1. The molecule has 1 amide bonds. The maximum Gasteiger partial charge on any atom is 0.254 e. The van der Waals surface area contributed by atoms with Crippen LogP contribution in [0.4, 0.5) is 4.39 Å². The van der Waals surface area contributed by atoms with E-state index >= 15 is 0 Å². The Morgan fingerprint density at radius 1 is 1.04 bits per heavy atom. The third-order valence-electron chi connectivity index (χ3n) is 4.51. The van der Waals surface area contributed by atoms with Gasteiger partial charge in [-0.15, -0.1) is 0 Å². The van der Waals surface area contributed by atoms with Crippen molar-refractivity contribution in [2.45, 2.75) is 25.8 Å². The lowest BCUT2D eigenvalue weighted by Gasteiger charge is -2.28. The van der Waals surface area contributed by atoms with Crippen LogP contribution in [0.15, 0.2) is 48.5 Å². The van der Waals surface area contributed by atoms with Crippen molar-refractivity contribution in [3.63, 3.8) is 0 Å². The van der Waals surface area contributed by atoms with Crippen LogP contribution in [0.2, 0.25) is 0 Å². The topological polar surface area (TPSA) is 32.3 Å². The second kappa shape index (κ2) is 8.06. The smallest absolute Gasteiger partial charge is 0.254 e. The lowest BCUT2D eigenvalue weighted by atomic mass is 10.00. The Hall–Kier alpha value is -2.20. The van der Waals surface area contributed by atoms with E-state index < -0.39 is 5.82 Å². The number of rotatable bonds is 6. The second-order valence-corrected chi connectivity index (χ2v) is 6.24. The van der Waals surface area contributed by atoms with Crippen LogP contribution in [0.1, 0.15) is 34.3 Å². The average molecular weight is 326 g/mol. The highest BCUT2D eigenvalue weighted by Crippen LogP contribution is 2.18. The molecule has 0 saturated heterocycles. The Labute approximate surface area is 142 Å². The van der Waals surface area contributed by atoms with Crippen molar-refractivity contribution in [3.8, 4) is 0 Å². The lowest BCUT2D eigenvalue weighted by Crippen LogP contribution is -2.32. The molecule has 1 heterocycles. The van der Waals surface area contributed by atoms with E-state index in [1.807, 2.05) is 0 Å². The summed E-state index contributed by atoms with van der Waals surface area (Å²) in [6.07, 6.45) is 3.04. The van der Waals surface area contributed by atoms with Gasteiger partial charge in [0, 0.05) is 19.6 Å². The molecule has 0 bridgehead atoms. The Kier molecular flexibility index (Phi) is 5.59. The minimum Gasteiger partial charge on any atom is -0.352 e. The van der Waals surface area contributed by atoms with Crippen LogP contribution < -0.4 is 5.32 Å². The summed E-state index contributed by atoms with van der Waals surface area (Å²) in [5, 5.41) is 2.80. The van der Waals surface area contributed by atoms with E-state index in [0.717, 1.165) is 38.9 Å². The van der Waals surface area contributed by atoms with Gasteiger partial charge < -0.3 is 5.32 Å². The van der Waals surface area contributed by atoms with Gasteiger partial charge in [-0.2, -0.15) is 0 Å². The predicted octanol–water partition coefficient (Wildman–Crippen LogP) is 3.39. The Balaban J connectivity index is 1.36. The van der Waals surface area contributed by atoms with E-state index in [1.165, 1.54) is 23.3 Å². The molecule has 1 N–H and O–H groups in total. The number of hydrogen-bond acceptors (Lipinski definition) is 2. The van der Waals surface area contributed by atoms with Crippen LogP contribution >= 0.6 is 0 Å². The fourth-order valence-corrected chi connectivity index (χ4v) is 3.15. The molecule has 4 heteroatoms. The first-order valence-electron chi connectivity index (χ1n) is 8.56. The molecule has 0 saturated carbocycles. The van der Waals surface area contributed by atoms with E-state index in [-0.39, 0.29) is 11.5 Å². The highest BCUT2D eigenvalue weighted by molar-refractivity contribution is 5.94. The molecule has 0 aliphatic carbocycles. The summed E-state index contributed by atoms with van der Waals surface area (Å²) in [5.41, 5.74) is 3.01. The van der Waals surface area contributed by atoms with Gasteiger partial charge in [-0.25, -0.2) is 4.39 Å². The first kappa shape index (κ1) is 16.7. The van der Waals surface area contributed by atoms with Crippen molar-refractivity contribution in [1.29, 1.82) is 0 Å². The molecule has 0 unspecified atom stereocenters. The molecule has 0 spiro atoms. The van der Waals surface area contributed by atoms with E-state index in [4.69, 9.17) is 0 Å². The van der Waals surface area contributed by atoms with Gasteiger partial charge >= 0.3 is 0 Å². The van der Waals surface area contributed by atoms with Crippen LogP contribution in [-0.2, 0) is 13.0 Å². The molecule has 126 valence electrons. The molecule has 3 rings (SSSR count). The molecular formula is C20H23FN2O. The van der Waals surface area contributed by atoms with Crippen LogP contribution in [0.3, 0.4) is 0 Å². The number of carbonyl (C=O) groups is 1. The van der Waals surface area contributed by atoms with Crippen molar-refractivity contribution < 1.29 is 9.18 Å². The third-order valence-corrected chi connectivity index (χ3v) is 4.51. The zero-order valence-electron chi connectivity index (χ0n) is 13.8. The number of unbranched alkanes of at least 4 members (excludes halogenated alkanes) is 1. The van der Waals surface area contributed by atoms with Gasteiger partial charge in [0.1, 0.15) is 5.82 Å². The van der Waals surface area contributed by atoms with Crippen molar-refractivity contribution in [2.75, 3.05) is 19.6 Å². The van der Waals surface area contributed by atoms with Gasteiger partial charge in [0.25, 0.3) is 5.91 Å². The molecular weight excluding hydrogens is 303 g/mol. The molecule has 3 nitrogen and oxygen atoms in total. The molecule has 0 aromatic heterocycles. The van der Waals surface area contributed by atoms with Crippen LogP contribution in [-0.4, -0.2) is 30.4 Å². The van der Waals surface area contributed by atoms with Crippen molar-refractivity contribution in [3.05, 3.63) is 71.0 Å². The molecule has 1 aliphatic heterocycles. The van der Waals surface area contributed by atoms with Crippen molar-refractivity contribution in [1.82, 2.24) is 10.2 Å². The minimum atomic E-state index is -0.470. The van der Waals surface area contributed by atoms with Crippen molar-refractivity contribution in [2.24, 2.45) is 0 Å². The quantitative estimate of drug-likeness (QED) is 0.825. The number of nitrogens with one attached hydrogen (secondary N) is 1. The van der Waals surface area contributed by atoms with Gasteiger partial charge in [-0.1, -0.05) is 36.4 Å². The highest BCUT2D eigenvalue weighted by atomic mass is 19.1. The Morgan fingerprint density at radius 2 is 1.79 bits per heavy atom. The predicted molar refractivity (Wildman–Crippen MR) is 93.4 cm³/mol. The minimum absolute atomic E-state index is 0.116. The SMILES string of the molecule is O=C(NCCCCN1CCc2ccccc2C1)c1ccccc1F. The number of carbonyl (C=O) groups excluding carboxylic acids is 1. The molecule has 24 heavy (non-hydrogen) atoms. The summed E-state index contributed by atoms with van der Waals surface area (Å²) in [5.74, 6) is -0.804. The number of benzene rings is 2. The summed E-state index contributed by atoms with van der Waals surface area (Å²) in [4.78, 5) is 14.4. The normalized spacial score (nSPS) is 14.2. The zero-order chi connectivity index (χ0) is 16.8. The first-order chi connectivity index (χ1) is 11.7. The Morgan fingerprint density at radius 3 is 2.62 bits per heavy atom. The first-order valence-corrected chi connectivity index (χ1v) is 8.56. The fourth-order valence-electron chi connectivity index (χ4n) is 3.15. The fraction of sp³-hybridized carbons (Fsp3) is 0.350. The Bertz CT molecular complexity index is 702. The van der Waals surface area contributed by atoms with Gasteiger partial charge in [0.15, 0.2) is 0 Å². The van der Waals surface area contributed by atoms with E-state index in [0.29, 0.717) is 6.54 Å². The lowest BCUT2D eigenvalue weighted by molar-refractivity contribution is 0.0948. The van der Waals surface area contributed by atoms with Gasteiger partial charge in [-0.05, 0) is 49.1 Å². The van der Waals surface area contributed by atoms with Gasteiger partial charge in [0.05, 0.1) is 5.56 Å². The molecule has 0 fully saturated rings. The molecule has 1 aliphatic rings. The summed E-state index contributed by atoms with van der Waals surface area (Å²) >= 11 is 0. The van der Waals surface area contributed by atoms with Crippen molar-refractivity contribution >= 4 is 5.91 Å².